The Labute approximate surface area is 185 Å². The summed E-state index contributed by atoms with van der Waals surface area (Å²) in [6.07, 6.45) is 0.465. The Bertz CT molecular complexity index is 1030. The minimum Gasteiger partial charge on any atom is -0.326 e. The number of hydrogen-bond donors (Lipinski definition) is 1. The maximum Gasteiger partial charge on any atom is 0.224 e. The van der Waals surface area contributed by atoms with Crippen LogP contribution < -0.4 is 5.32 Å². The monoisotopic (exact) mass is 442 g/mol. The minimum atomic E-state index is -0.0293. The number of benzene rings is 2. The molecule has 0 radical (unpaired) electrons. The number of carbonyl (C=O) groups excluding carboxylic acids is 2. The molecule has 0 aliphatic heterocycles. The Hall–Kier alpha value is -2.64. The number of rotatable bonds is 8. The highest BCUT2D eigenvalue weighted by Gasteiger charge is 2.14. The van der Waals surface area contributed by atoms with Crippen LogP contribution >= 0.6 is 23.4 Å². The van der Waals surface area contributed by atoms with E-state index >= 15 is 0 Å². The van der Waals surface area contributed by atoms with E-state index in [1.165, 1.54) is 11.8 Å². The molecule has 3 rings (SSSR count). The lowest BCUT2D eigenvalue weighted by Gasteiger charge is -2.08. The molecule has 30 heavy (non-hydrogen) atoms. The maximum atomic E-state index is 12.5. The van der Waals surface area contributed by atoms with Crippen LogP contribution in [0.3, 0.4) is 0 Å². The molecule has 0 atom stereocenters. The van der Waals surface area contributed by atoms with Crippen molar-refractivity contribution in [3.63, 3.8) is 0 Å². The number of amides is 1. The smallest absolute Gasteiger partial charge is 0.224 e. The number of nitrogens with zero attached hydrogens (tertiary/aromatic N) is 3. The van der Waals surface area contributed by atoms with E-state index in [1.807, 2.05) is 37.6 Å². The molecular formula is C22H23ClN4O2S. The van der Waals surface area contributed by atoms with Crippen molar-refractivity contribution >= 4 is 40.7 Å². The fourth-order valence-corrected chi connectivity index (χ4v) is 3.76. The highest BCUT2D eigenvalue weighted by Crippen LogP contribution is 2.24. The predicted octanol–water partition coefficient (Wildman–Crippen LogP) is 5.10. The summed E-state index contributed by atoms with van der Waals surface area (Å²) in [6.45, 7) is 3.99. The van der Waals surface area contributed by atoms with Crippen LogP contribution in [0.4, 0.5) is 5.69 Å². The van der Waals surface area contributed by atoms with Gasteiger partial charge in [0, 0.05) is 35.3 Å². The molecule has 0 aliphatic rings. The first kappa shape index (κ1) is 22.1. The summed E-state index contributed by atoms with van der Waals surface area (Å²) in [5.74, 6) is 1.20. The molecule has 156 valence electrons. The van der Waals surface area contributed by atoms with Crippen LogP contribution in [0, 0.1) is 5.92 Å². The third kappa shape index (κ3) is 5.70. The standard InChI is InChI=1S/C22H23ClN4O2S/c1-14(2)12-20(29)24-18-10-6-15(7-11-18)19(28)13-30-22-26-25-21(27(22)3)16-4-8-17(23)9-5-16/h4-11,14H,12-13H2,1-3H3,(H,24,29). The van der Waals surface area contributed by atoms with Crippen LogP contribution in [-0.2, 0) is 11.8 Å². The molecule has 0 unspecified atom stereocenters. The van der Waals surface area contributed by atoms with E-state index in [2.05, 4.69) is 15.5 Å². The molecule has 6 nitrogen and oxygen atoms in total. The summed E-state index contributed by atoms with van der Waals surface area (Å²) in [4.78, 5) is 24.4. The average Bonchev–Trinajstić information content (AvgIpc) is 3.07. The molecule has 0 spiro atoms. The van der Waals surface area contributed by atoms with Crippen molar-refractivity contribution in [2.75, 3.05) is 11.1 Å². The van der Waals surface area contributed by atoms with Crippen molar-refractivity contribution in [1.82, 2.24) is 14.8 Å². The molecule has 1 heterocycles. The number of hydrogen-bond acceptors (Lipinski definition) is 5. The zero-order valence-electron chi connectivity index (χ0n) is 17.1. The highest BCUT2D eigenvalue weighted by atomic mass is 35.5. The molecule has 1 aromatic heterocycles. The van der Waals surface area contributed by atoms with E-state index in [0.717, 1.165) is 5.56 Å². The van der Waals surface area contributed by atoms with Gasteiger partial charge in [0.2, 0.25) is 5.91 Å². The third-order valence-electron chi connectivity index (χ3n) is 4.35. The van der Waals surface area contributed by atoms with Crippen LogP contribution in [0.15, 0.2) is 53.7 Å². The number of ketones is 1. The number of anilines is 1. The van der Waals surface area contributed by atoms with Crippen LogP contribution in [0.2, 0.25) is 5.02 Å². The van der Waals surface area contributed by atoms with Gasteiger partial charge in [-0.3, -0.25) is 9.59 Å². The summed E-state index contributed by atoms with van der Waals surface area (Å²) in [6, 6.07) is 14.3. The Balaban J connectivity index is 1.59. The Kier molecular flexibility index (Phi) is 7.29. The van der Waals surface area contributed by atoms with Crippen LogP contribution in [0.5, 0.6) is 0 Å². The van der Waals surface area contributed by atoms with Crippen molar-refractivity contribution in [3.05, 3.63) is 59.1 Å². The largest absolute Gasteiger partial charge is 0.326 e. The van der Waals surface area contributed by atoms with Gasteiger partial charge in [-0.15, -0.1) is 10.2 Å². The van der Waals surface area contributed by atoms with Gasteiger partial charge in [-0.2, -0.15) is 0 Å². The molecule has 0 fully saturated rings. The van der Waals surface area contributed by atoms with Gasteiger partial charge in [0.1, 0.15) is 0 Å². The SMILES string of the molecule is CC(C)CC(=O)Nc1ccc(C(=O)CSc2nnc(-c3ccc(Cl)cc3)n2C)cc1. The van der Waals surface area contributed by atoms with Crippen LogP contribution in [0.1, 0.15) is 30.6 Å². The van der Waals surface area contributed by atoms with Gasteiger partial charge in [-0.1, -0.05) is 37.2 Å². The second-order valence-electron chi connectivity index (χ2n) is 7.31. The number of Topliss-reactive ketones (excluding diaryl/α,β-unsaturated/α-hetero) is 1. The maximum absolute atomic E-state index is 12.5. The van der Waals surface area contributed by atoms with Gasteiger partial charge in [0.15, 0.2) is 16.8 Å². The molecule has 0 saturated carbocycles. The average molecular weight is 443 g/mol. The summed E-state index contributed by atoms with van der Waals surface area (Å²) >= 11 is 7.27. The second kappa shape index (κ2) is 9.91. The molecule has 0 saturated heterocycles. The van der Waals surface area contributed by atoms with E-state index in [4.69, 9.17) is 11.6 Å². The van der Waals surface area contributed by atoms with Gasteiger partial charge >= 0.3 is 0 Å². The van der Waals surface area contributed by atoms with Gasteiger partial charge in [0.05, 0.1) is 5.75 Å². The van der Waals surface area contributed by atoms with Gasteiger partial charge in [-0.25, -0.2) is 0 Å². The number of thioether (sulfide) groups is 1. The van der Waals surface area contributed by atoms with E-state index in [1.54, 1.807) is 36.4 Å². The summed E-state index contributed by atoms with van der Waals surface area (Å²) in [5, 5.41) is 12.6. The topological polar surface area (TPSA) is 76.9 Å². The molecule has 1 amide bonds. The Morgan fingerprint density at radius 3 is 2.37 bits per heavy atom. The molecule has 1 N–H and O–H groups in total. The van der Waals surface area contributed by atoms with E-state index in [9.17, 15) is 9.59 Å². The van der Waals surface area contributed by atoms with E-state index < -0.39 is 0 Å². The van der Waals surface area contributed by atoms with Gasteiger partial charge in [0.25, 0.3) is 0 Å². The first-order valence-corrected chi connectivity index (χ1v) is 10.9. The predicted molar refractivity (Wildman–Crippen MR) is 121 cm³/mol. The zero-order chi connectivity index (χ0) is 21.7. The fraction of sp³-hybridized carbons (Fsp3) is 0.273. The minimum absolute atomic E-state index is 0.0175. The van der Waals surface area contributed by atoms with E-state index in [0.29, 0.717) is 39.6 Å². The number of halogens is 1. The van der Waals surface area contributed by atoms with Crippen molar-refractivity contribution in [2.45, 2.75) is 25.4 Å². The molecule has 0 bridgehead atoms. The van der Waals surface area contributed by atoms with Crippen LogP contribution in [0.25, 0.3) is 11.4 Å². The normalized spacial score (nSPS) is 11.0. The van der Waals surface area contributed by atoms with Crippen molar-refractivity contribution < 1.29 is 9.59 Å². The lowest BCUT2D eigenvalue weighted by Crippen LogP contribution is -2.14. The third-order valence-corrected chi connectivity index (χ3v) is 5.63. The van der Waals surface area contributed by atoms with Crippen molar-refractivity contribution in [2.24, 2.45) is 13.0 Å². The highest BCUT2D eigenvalue weighted by molar-refractivity contribution is 7.99. The van der Waals surface area contributed by atoms with Crippen molar-refractivity contribution in [3.8, 4) is 11.4 Å². The summed E-state index contributed by atoms with van der Waals surface area (Å²) in [5.41, 5.74) is 2.18. The molecule has 0 aliphatic carbocycles. The molecule has 8 heteroatoms. The first-order chi connectivity index (χ1) is 14.3. The molecular weight excluding hydrogens is 420 g/mol. The Morgan fingerprint density at radius 1 is 1.07 bits per heavy atom. The van der Waals surface area contributed by atoms with Gasteiger partial charge < -0.3 is 9.88 Å². The number of carbonyl (C=O) groups is 2. The number of nitrogens with one attached hydrogen (secondary N) is 1. The summed E-state index contributed by atoms with van der Waals surface area (Å²) < 4.78 is 1.86. The number of aromatic nitrogens is 3. The first-order valence-electron chi connectivity index (χ1n) is 9.54. The lowest BCUT2D eigenvalue weighted by atomic mass is 10.1. The Morgan fingerprint density at radius 2 is 1.73 bits per heavy atom. The molecule has 3 aromatic rings. The lowest BCUT2D eigenvalue weighted by molar-refractivity contribution is -0.116. The van der Waals surface area contributed by atoms with Crippen molar-refractivity contribution in [1.29, 1.82) is 0 Å². The fourth-order valence-electron chi connectivity index (χ4n) is 2.83. The second-order valence-corrected chi connectivity index (χ2v) is 8.69. The summed E-state index contributed by atoms with van der Waals surface area (Å²) in [7, 11) is 1.87. The van der Waals surface area contributed by atoms with E-state index in [-0.39, 0.29) is 17.4 Å². The quantitative estimate of drug-likeness (QED) is 0.388. The van der Waals surface area contributed by atoms with Crippen LogP contribution in [-0.4, -0.2) is 32.2 Å². The zero-order valence-corrected chi connectivity index (χ0v) is 18.6. The van der Waals surface area contributed by atoms with Gasteiger partial charge in [-0.05, 0) is 54.4 Å². The molecule has 2 aromatic carbocycles.